The van der Waals surface area contributed by atoms with Gasteiger partial charge in [-0.05, 0) is 24.3 Å². The molecule has 1 aromatic carbocycles. The molecule has 110 valence electrons. The van der Waals surface area contributed by atoms with Gasteiger partial charge in [-0.25, -0.2) is 0 Å². The average molecular weight is 274 g/mol. The van der Waals surface area contributed by atoms with Crippen molar-refractivity contribution in [3.8, 4) is 0 Å². The molecule has 2 rings (SSSR count). The second-order valence-electron chi connectivity index (χ2n) is 5.97. The minimum Gasteiger partial charge on any atom is -0.351 e. The zero-order valence-electron chi connectivity index (χ0n) is 12.5. The van der Waals surface area contributed by atoms with Crippen LogP contribution in [-0.2, 0) is 4.79 Å². The van der Waals surface area contributed by atoms with Gasteiger partial charge in [-0.3, -0.25) is 4.79 Å². The van der Waals surface area contributed by atoms with Crippen LogP contribution in [0.1, 0.15) is 51.0 Å². The van der Waals surface area contributed by atoms with Gasteiger partial charge in [-0.1, -0.05) is 57.0 Å². The van der Waals surface area contributed by atoms with Crippen LogP contribution in [0, 0.1) is 5.92 Å². The molecule has 4 atom stereocenters. The molecule has 0 aliphatic heterocycles. The molecule has 0 saturated heterocycles. The van der Waals surface area contributed by atoms with Crippen molar-refractivity contribution in [1.29, 1.82) is 0 Å². The lowest BCUT2D eigenvalue weighted by atomic mass is 9.93. The van der Waals surface area contributed by atoms with Gasteiger partial charge in [0.2, 0.25) is 5.91 Å². The lowest BCUT2D eigenvalue weighted by molar-refractivity contribution is -0.124. The van der Waals surface area contributed by atoms with Crippen LogP contribution in [-0.4, -0.2) is 18.0 Å². The smallest absolute Gasteiger partial charge is 0.237 e. The second-order valence-corrected chi connectivity index (χ2v) is 5.97. The summed E-state index contributed by atoms with van der Waals surface area (Å²) in [5.74, 6) is 0.669. The monoisotopic (exact) mass is 274 g/mol. The summed E-state index contributed by atoms with van der Waals surface area (Å²) in [4.78, 5) is 12.2. The van der Waals surface area contributed by atoms with Gasteiger partial charge in [0.1, 0.15) is 0 Å². The third-order valence-corrected chi connectivity index (χ3v) is 4.63. The fourth-order valence-electron chi connectivity index (χ4n) is 3.02. The van der Waals surface area contributed by atoms with E-state index in [1.807, 2.05) is 13.0 Å². The highest BCUT2D eigenvalue weighted by atomic mass is 16.2. The number of hydrogen-bond donors (Lipinski definition) is 2. The van der Waals surface area contributed by atoms with Crippen LogP contribution in [0.5, 0.6) is 0 Å². The van der Waals surface area contributed by atoms with Crippen molar-refractivity contribution >= 4 is 5.91 Å². The molecule has 1 aromatic rings. The predicted molar refractivity (Wildman–Crippen MR) is 82.4 cm³/mol. The number of nitrogens with one attached hydrogen (secondary N) is 1. The summed E-state index contributed by atoms with van der Waals surface area (Å²) in [6.07, 6.45) is 4.30. The fourth-order valence-corrected chi connectivity index (χ4v) is 3.02. The zero-order valence-corrected chi connectivity index (χ0v) is 12.5. The Balaban J connectivity index is 2.00. The molecule has 3 N–H and O–H groups in total. The summed E-state index contributed by atoms with van der Waals surface area (Å²) in [6, 6.07) is 10.3. The van der Waals surface area contributed by atoms with Gasteiger partial charge in [0.25, 0.3) is 0 Å². The topological polar surface area (TPSA) is 55.1 Å². The number of benzene rings is 1. The molecule has 1 amide bonds. The van der Waals surface area contributed by atoms with E-state index in [-0.39, 0.29) is 17.9 Å². The molecule has 0 radical (unpaired) electrons. The van der Waals surface area contributed by atoms with Crippen LogP contribution in [0.25, 0.3) is 0 Å². The van der Waals surface area contributed by atoms with Gasteiger partial charge in [0.15, 0.2) is 0 Å². The van der Waals surface area contributed by atoms with Gasteiger partial charge in [0.05, 0.1) is 6.04 Å². The Morgan fingerprint density at radius 1 is 1.35 bits per heavy atom. The standard InChI is InChI=1S/C17H26N2O/c1-3-12(2)16(18)17(20)19-15-11-7-10-14(15)13-8-5-4-6-9-13/h4-6,8-9,12,14-16H,3,7,10-11,18H2,1-2H3,(H,19,20). The minimum absolute atomic E-state index is 0.00665. The van der Waals surface area contributed by atoms with Gasteiger partial charge in [-0.15, -0.1) is 0 Å². The molecule has 20 heavy (non-hydrogen) atoms. The normalized spacial score (nSPS) is 25.1. The van der Waals surface area contributed by atoms with Crippen LogP contribution < -0.4 is 11.1 Å². The maximum Gasteiger partial charge on any atom is 0.237 e. The third-order valence-electron chi connectivity index (χ3n) is 4.63. The van der Waals surface area contributed by atoms with E-state index in [1.54, 1.807) is 0 Å². The molecular formula is C17H26N2O. The number of rotatable bonds is 5. The van der Waals surface area contributed by atoms with Crippen molar-refractivity contribution in [3.05, 3.63) is 35.9 Å². The molecule has 1 aliphatic carbocycles. The quantitative estimate of drug-likeness (QED) is 0.867. The van der Waals surface area contributed by atoms with Crippen molar-refractivity contribution in [1.82, 2.24) is 5.32 Å². The molecule has 1 saturated carbocycles. The highest BCUT2D eigenvalue weighted by Gasteiger charge is 2.31. The molecular weight excluding hydrogens is 248 g/mol. The maximum absolute atomic E-state index is 12.2. The molecule has 0 heterocycles. The first kappa shape index (κ1) is 15.0. The summed E-state index contributed by atoms with van der Waals surface area (Å²) < 4.78 is 0. The van der Waals surface area contributed by atoms with E-state index in [9.17, 15) is 4.79 Å². The molecule has 4 unspecified atom stereocenters. The molecule has 0 bridgehead atoms. The number of amides is 1. The molecule has 3 heteroatoms. The Labute approximate surface area is 121 Å². The largest absolute Gasteiger partial charge is 0.351 e. The van der Waals surface area contributed by atoms with Crippen molar-refractivity contribution in [2.45, 2.75) is 57.5 Å². The Bertz CT molecular complexity index is 432. The molecule has 0 aromatic heterocycles. The van der Waals surface area contributed by atoms with E-state index in [2.05, 4.69) is 36.5 Å². The lowest BCUT2D eigenvalue weighted by Crippen LogP contribution is -2.48. The SMILES string of the molecule is CCC(C)C(N)C(=O)NC1CCCC1c1ccccc1. The van der Waals surface area contributed by atoms with Crippen LogP contribution in [0.15, 0.2) is 30.3 Å². The predicted octanol–water partition coefficient (Wildman–Crippen LogP) is 2.81. The summed E-state index contributed by atoms with van der Waals surface area (Å²) in [7, 11) is 0. The van der Waals surface area contributed by atoms with E-state index in [0.717, 1.165) is 19.3 Å². The van der Waals surface area contributed by atoms with Gasteiger partial charge in [0, 0.05) is 12.0 Å². The van der Waals surface area contributed by atoms with E-state index < -0.39 is 6.04 Å². The molecule has 1 fully saturated rings. The van der Waals surface area contributed by atoms with Crippen LogP contribution >= 0.6 is 0 Å². The van der Waals surface area contributed by atoms with E-state index in [0.29, 0.717) is 5.92 Å². The Morgan fingerprint density at radius 2 is 2.05 bits per heavy atom. The van der Waals surface area contributed by atoms with Crippen molar-refractivity contribution < 1.29 is 4.79 Å². The van der Waals surface area contributed by atoms with Crippen molar-refractivity contribution in [3.63, 3.8) is 0 Å². The number of hydrogen-bond acceptors (Lipinski definition) is 2. The van der Waals surface area contributed by atoms with Gasteiger partial charge < -0.3 is 11.1 Å². The molecule has 0 spiro atoms. The minimum atomic E-state index is -0.392. The molecule has 3 nitrogen and oxygen atoms in total. The van der Waals surface area contributed by atoms with Gasteiger partial charge in [-0.2, -0.15) is 0 Å². The second kappa shape index (κ2) is 6.89. The van der Waals surface area contributed by atoms with Gasteiger partial charge >= 0.3 is 0 Å². The van der Waals surface area contributed by atoms with Crippen molar-refractivity contribution in [2.24, 2.45) is 11.7 Å². The summed E-state index contributed by atoms with van der Waals surface area (Å²) >= 11 is 0. The summed E-state index contributed by atoms with van der Waals surface area (Å²) in [5, 5.41) is 3.18. The summed E-state index contributed by atoms with van der Waals surface area (Å²) in [6.45, 7) is 4.10. The van der Waals surface area contributed by atoms with Crippen LogP contribution in [0.2, 0.25) is 0 Å². The van der Waals surface area contributed by atoms with Crippen LogP contribution in [0.3, 0.4) is 0 Å². The number of carbonyl (C=O) groups excluding carboxylic acids is 1. The lowest BCUT2D eigenvalue weighted by Gasteiger charge is -2.25. The first-order chi connectivity index (χ1) is 9.63. The highest BCUT2D eigenvalue weighted by Crippen LogP contribution is 2.34. The Kier molecular flexibility index (Phi) is 5.18. The third kappa shape index (κ3) is 3.40. The van der Waals surface area contributed by atoms with Crippen LogP contribution in [0.4, 0.5) is 0 Å². The first-order valence-corrected chi connectivity index (χ1v) is 7.74. The Hall–Kier alpha value is -1.35. The molecule has 1 aliphatic rings. The van der Waals surface area contributed by atoms with Crippen molar-refractivity contribution in [2.75, 3.05) is 0 Å². The average Bonchev–Trinajstić information content (AvgIpc) is 2.94. The number of carbonyl (C=O) groups is 1. The highest BCUT2D eigenvalue weighted by molar-refractivity contribution is 5.82. The van der Waals surface area contributed by atoms with E-state index >= 15 is 0 Å². The number of nitrogens with two attached hydrogens (primary N) is 1. The first-order valence-electron chi connectivity index (χ1n) is 7.74. The maximum atomic E-state index is 12.2. The summed E-state index contributed by atoms with van der Waals surface area (Å²) in [5.41, 5.74) is 7.35. The fraction of sp³-hybridized carbons (Fsp3) is 0.588. The van der Waals surface area contributed by atoms with E-state index in [4.69, 9.17) is 5.73 Å². The Morgan fingerprint density at radius 3 is 2.70 bits per heavy atom. The van der Waals surface area contributed by atoms with E-state index in [1.165, 1.54) is 12.0 Å². The zero-order chi connectivity index (χ0) is 14.5.